The number of aryl methyl sites for hydroxylation is 1. The van der Waals surface area contributed by atoms with Crippen molar-refractivity contribution in [2.24, 2.45) is 0 Å². The second kappa shape index (κ2) is 7.37. The van der Waals surface area contributed by atoms with Gasteiger partial charge in [-0.15, -0.1) is 0 Å². The van der Waals surface area contributed by atoms with E-state index in [0.717, 1.165) is 11.3 Å². The summed E-state index contributed by atoms with van der Waals surface area (Å²) in [6, 6.07) is 5.78. The SMILES string of the molecule is Cc1ccc2c(c1)C(=O)N(C)c1cnc(NC34CC(S(=O)(=O)N5CCC(O)CC5)(C3)C4)nc1N2C. The van der Waals surface area contributed by atoms with Crippen LogP contribution in [0.5, 0.6) is 0 Å². The molecule has 35 heavy (non-hydrogen) atoms. The van der Waals surface area contributed by atoms with Gasteiger partial charge in [0.15, 0.2) is 5.82 Å². The van der Waals surface area contributed by atoms with E-state index in [9.17, 15) is 18.3 Å². The average Bonchev–Trinajstić information content (AvgIpc) is 2.85. The van der Waals surface area contributed by atoms with Crippen molar-refractivity contribution in [1.29, 1.82) is 0 Å². The minimum absolute atomic E-state index is 0.115. The first-order valence-electron chi connectivity index (χ1n) is 12.0. The molecule has 0 radical (unpaired) electrons. The van der Waals surface area contributed by atoms with Crippen molar-refractivity contribution in [3.05, 3.63) is 35.5 Å². The van der Waals surface area contributed by atoms with Crippen molar-refractivity contribution < 1.29 is 18.3 Å². The number of hydrogen-bond acceptors (Lipinski definition) is 8. The van der Waals surface area contributed by atoms with Gasteiger partial charge in [0.2, 0.25) is 16.0 Å². The fourth-order valence-electron chi connectivity index (χ4n) is 6.12. The summed E-state index contributed by atoms with van der Waals surface area (Å²) in [6.07, 6.45) is 3.81. The van der Waals surface area contributed by atoms with Gasteiger partial charge in [-0.25, -0.2) is 17.7 Å². The van der Waals surface area contributed by atoms with Crippen LogP contribution in [0.3, 0.4) is 0 Å². The molecular formula is C24H30N6O4S. The zero-order valence-electron chi connectivity index (χ0n) is 20.2. The van der Waals surface area contributed by atoms with Gasteiger partial charge in [0.25, 0.3) is 5.91 Å². The third-order valence-electron chi connectivity index (χ3n) is 8.15. The number of fused-ring (bicyclic) bond motifs is 2. The molecule has 2 bridgehead atoms. The molecule has 1 aromatic carbocycles. The maximum Gasteiger partial charge on any atom is 0.260 e. The van der Waals surface area contributed by atoms with E-state index in [0.29, 0.717) is 68.2 Å². The van der Waals surface area contributed by atoms with Gasteiger partial charge in [0, 0.05) is 32.7 Å². The van der Waals surface area contributed by atoms with Crippen LogP contribution in [0.4, 0.5) is 23.1 Å². The summed E-state index contributed by atoms with van der Waals surface area (Å²) in [6.45, 7) is 2.73. The maximum absolute atomic E-state index is 13.3. The van der Waals surface area contributed by atoms with Crippen LogP contribution < -0.4 is 15.1 Å². The molecule has 0 unspecified atom stereocenters. The number of nitrogens with zero attached hydrogens (tertiary/aromatic N) is 5. The van der Waals surface area contributed by atoms with Gasteiger partial charge in [-0.05, 0) is 51.2 Å². The van der Waals surface area contributed by atoms with Crippen LogP contribution in [-0.4, -0.2) is 77.3 Å². The van der Waals surface area contributed by atoms with Crippen LogP contribution in [-0.2, 0) is 10.0 Å². The Balaban J connectivity index is 1.22. The van der Waals surface area contributed by atoms with E-state index in [1.54, 1.807) is 22.4 Å². The monoisotopic (exact) mass is 498 g/mol. The summed E-state index contributed by atoms with van der Waals surface area (Å²) >= 11 is 0. The van der Waals surface area contributed by atoms with Crippen molar-refractivity contribution in [2.75, 3.05) is 42.3 Å². The van der Waals surface area contributed by atoms with Crippen LogP contribution in [0.1, 0.15) is 48.0 Å². The van der Waals surface area contributed by atoms with Gasteiger partial charge < -0.3 is 20.2 Å². The highest BCUT2D eigenvalue weighted by molar-refractivity contribution is 7.90. The standard InChI is InChI=1S/C24H30N6O4S/c1-15-4-5-18-17(10-15)21(32)29(3)19-11-25-22(26-20(19)28(18)2)27-23-12-24(13-23,14-23)35(33,34)30-8-6-16(31)7-9-30/h4-5,10-11,16,31H,6-9,12-14H2,1-3H3,(H,25,26,27). The first kappa shape index (κ1) is 22.7. The molecule has 7 rings (SSSR count). The second-order valence-electron chi connectivity index (χ2n) is 10.6. The highest BCUT2D eigenvalue weighted by Crippen LogP contribution is 2.66. The smallest absolute Gasteiger partial charge is 0.260 e. The Labute approximate surface area is 205 Å². The predicted molar refractivity (Wildman–Crippen MR) is 133 cm³/mol. The van der Waals surface area contributed by atoms with Crippen molar-refractivity contribution in [3.63, 3.8) is 0 Å². The molecule has 0 spiro atoms. The third kappa shape index (κ3) is 3.21. The fourth-order valence-corrected chi connectivity index (χ4v) is 8.74. The lowest BCUT2D eigenvalue weighted by atomic mass is 9.49. The number of benzene rings is 1. The largest absolute Gasteiger partial charge is 0.393 e. The zero-order valence-corrected chi connectivity index (χ0v) is 21.0. The topological polar surface area (TPSA) is 119 Å². The van der Waals surface area contributed by atoms with Crippen LogP contribution in [0.2, 0.25) is 0 Å². The summed E-state index contributed by atoms with van der Waals surface area (Å²) in [4.78, 5) is 25.8. The number of rotatable bonds is 4. The number of aliphatic hydroxyl groups is 1. The molecule has 5 aliphatic rings. The Hall–Kier alpha value is -2.76. The van der Waals surface area contributed by atoms with Gasteiger partial charge >= 0.3 is 0 Å². The molecule has 3 heterocycles. The van der Waals surface area contributed by atoms with Crippen molar-refractivity contribution in [3.8, 4) is 0 Å². The second-order valence-corrected chi connectivity index (χ2v) is 12.9. The van der Waals surface area contributed by atoms with Gasteiger partial charge in [-0.1, -0.05) is 11.6 Å². The minimum Gasteiger partial charge on any atom is -0.393 e. The molecule has 0 atom stereocenters. The number of carbonyl (C=O) groups excluding carboxylic acids is 1. The van der Waals surface area contributed by atoms with Gasteiger partial charge in [0.1, 0.15) is 5.69 Å². The van der Waals surface area contributed by atoms with E-state index in [4.69, 9.17) is 4.98 Å². The van der Waals surface area contributed by atoms with E-state index >= 15 is 0 Å². The first-order chi connectivity index (χ1) is 16.5. The number of hydrogen-bond donors (Lipinski definition) is 2. The van der Waals surface area contributed by atoms with Gasteiger partial charge in [-0.2, -0.15) is 4.98 Å². The summed E-state index contributed by atoms with van der Waals surface area (Å²) in [7, 11) is 0.202. The Morgan fingerprint density at radius 1 is 1.09 bits per heavy atom. The van der Waals surface area contributed by atoms with E-state index in [1.807, 2.05) is 37.1 Å². The van der Waals surface area contributed by atoms with Crippen molar-refractivity contribution in [1.82, 2.24) is 14.3 Å². The number of amides is 1. The summed E-state index contributed by atoms with van der Waals surface area (Å²) in [5.41, 5.74) is 2.68. The first-order valence-corrected chi connectivity index (χ1v) is 13.4. The molecule has 11 heteroatoms. The molecule has 1 aromatic heterocycles. The number of nitrogens with one attached hydrogen (secondary N) is 1. The maximum atomic E-state index is 13.3. The van der Waals surface area contributed by atoms with E-state index in [2.05, 4.69) is 10.3 Å². The fraction of sp³-hybridized carbons (Fsp3) is 0.542. The normalized spacial score (nSPS) is 28.5. The molecule has 3 aliphatic carbocycles. The average molecular weight is 499 g/mol. The van der Waals surface area contributed by atoms with Crippen LogP contribution >= 0.6 is 0 Å². The number of sulfonamides is 1. The number of anilines is 4. The molecule has 10 nitrogen and oxygen atoms in total. The number of carbonyl (C=O) groups is 1. The molecule has 4 fully saturated rings. The van der Waals surface area contributed by atoms with Crippen LogP contribution in [0, 0.1) is 6.92 Å². The number of aromatic nitrogens is 2. The molecule has 2 aromatic rings. The van der Waals surface area contributed by atoms with E-state index in [-0.39, 0.29) is 11.4 Å². The van der Waals surface area contributed by atoms with Crippen LogP contribution in [0.25, 0.3) is 0 Å². The van der Waals surface area contributed by atoms with Crippen molar-refractivity contribution >= 4 is 39.1 Å². The van der Waals surface area contributed by atoms with E-state index < -0.39 is 20.9 Å². The Morgan fingerprint density at radius 2 is 1.77 bits per heavy atom. The molecule has 3 saturated carbocycles. The lowest BCUT2D eigenvalue weighted by Crippen LogP contribution is -2.80. The minimum atomic E-state index is -3.40. The quantitative estimate of drug-likeness (QED) is 0.657. The summed E-state index contributed by atoms with van der Waals surface area (Å²) in [5.74, 6) is 0.927. The molecule has 1 amide bonds. The number of aliphatic hydroxyl groups excluding tert-OH is 1. The van der Waals surface area contributed by atoms with E-state index in [1.165, 1.54) is 0 Å². The van der Waals surface area contributed by atoms with Gasteiger partial charge in [0.05, 0.1) is 28.3 Å². The summed E-state index contributed by atoms with van der Waals surface area (Å²) < 4.78 is 27.3. The molecule has 1 saturated heterocycles. The molecule has 2 aliphatic heterocycles. The molecule has 186 valence electrons. The highest BCUT2D eigenvalue weighted by atomic mass is 32.2. The van der Waals surface area contributed by atoms with Crippen molar-refractivity contribution in [2.45, 2.75) is 55.4 Å². The molecule has 2 N–H and O–H groups in total. The molecular weight excluding hydrogens is 468 g/mol. The highest BCUT2D eigenvalue weighted by Gasteiger charge is 2.75. The lowest BCUT2D eigenvalue weighted by Gasteiger charge is -2.69. The zero-order chi connectivity index (χ0) is 24.8. The Kier molecular flexibility index (Phi) is 4.78. The van der Waals surface area contributed by atoms with Crippen LogP contribution in [0.15, 0.2) is 24.4 Å². The Morgan fingerprint density at radius 3 is 2.46 bits per heavy atom. The Bertz CT molecular complexity index is 1320. The third-order valence-corrected chi connectivity index (χ3v) is 10.7. The van der Waals surface area contributed by atoms with Gasteiger partial charge in [-0.3, -0.25) is 4.79 Å². The predicted octanol–water partition coefficient (Wildman–Crippen LogP) is 2.02. The number of piperidine rings is 1. The lowest BCUT2D eigenvalue weighted by molar-refractivity contribution is 0.0209. The summed E-state index contributed by atoms with van der Waals surface area (Å²) in [5, 5.41) is 13.1.